The SMILES string of the molecule is O=C(c1ccco1)N1CCN(C(=O)c2cc(-c3ccco3)nc3onc(-c4ccccc4)c23)CC1. The fourth-order valence-corrected chi connectivity index (χ4v) is 4.30. The molecule has 0 radical (unpaired) electrons. The summed E-state index contributed by atoms with van der Waals surface area (Å²) in [7, 11) is 0. The van der Waals surface area contributed by atoms with Crippen molar-refractivity contribution in [3.63, 3.8) is 0 Å². The largest absolute Gasteiger partial charge is 0.463 e. The molecule has 1 fully saturated rings. The summed E-state index contributed by atoms with van der Waals surface area (Å²) in [5.41, 5.74) is 2.53. The smallest absolute Gasteiger partial charge is 0.289 e. The zero-order valence-corrected chi connectivity index (χ0v) is 18.6. The van der Waals surface area contributed by atoms with Gasteiger partial charge < -0.3 is 23.2 Å². The first-order chi connectivity index (χ1) is 17.2. The molecule has 0 N–H and O–H groups in total. The number of aromatic nitrogens is 2. The molecule has 1 aliphatic heterocycles. The van der Waals surface area contributed by atoms with Crippen molar-refractivity contribution in [3.8, 4) is 22.7 Å². The van der Waals surface area contributed by atoms with Crippen LogP contribution in [0.3, 0.4) is 0 Å². The predicted molar refractivity (Wildman–Crippen MR) is 125 cm³/mol. The fraction of sp³-hybridized carbons (Fsp3) is 0.154. The maximum absolute atomic E-state index is 13.8. The van der Waals surface area contributed by atoms with E-state index >= 15 is 0 Å². The van der Waals surface area contributed by atoms with Crippen molar-refractivity contribution < 1.29 is 22.9 Å². The number of hydrogen-bond donors (Lipinski definition) is 0. The van der Waals surface area contributed by atoms with Crippen LogP contribution in [0, 0.1) is 0 Å². The Morgan fingerprint density at radius 3 is 2.20 bits per heavy atom. The van der Waals surface area contributed by atoms with E-state index in [-0.39, 0.29) is 17.5 Å². The molecule has 0 unspecified atom stereocenters. The van der Waals surface area contributed by atoms with Gasteiger partial charge in [-0.15, -0.1) is 0 Å². The second-order valence-corrected chi connectivity index (χ2v) is 8.17. The van der Waals surface area contributed by atoms with Crippen molar-refractivity contribution in [2.45, 2.75) is 0 Å². The Labute approximate surface area is 199 Å². The van der Waals surface area contributed by atoms with E-state index < -0.39 is 0 Å². The lowest BCUT2D eigenvalue weighted by Gasteiger charge is -2.34. The first-order valence-corrected chi connectivity index (χ1v) is 11.2. The molecule has 1 aromatic carbocycles. The number of pyridine rings is 1. The van der Waals surface area contributed by atoms with Crippen LogP contribution in [0.15, 0.2) is 86.5 Å². The van der Waals surface area contributed by atoms with Gasteiger partial charge in [0, 0.05) is 31.7 Å². The average molecular weight is 468 g/mol. The van der Waals surface area contributed by atoms with Crippen molar-refractivity contribution in [2.24, 2.45) is 0 Å². The summed E-state index contributed by atoms with van der Waals surface area (Å²) in [5.74, 6) is 0.447. The molecular formula is C26H20N4O5. The van der Waals surface area contributed by atoms with Gasteiger partial charge in [0.05, 0.1) is 23.5 Å². The highest BCUT2D eigenvalue weighted by atomic mass is 16.5. The summed E-state index contributed by atoms with van der Waals surface area (Å²) in [4.78, 5) is 34.4. The molecule has 0 saturated carbocycles. The molecule has 5 aromatic rings. The highest BCUT2D eigenvalue weighted by Gasteiger charge is 2.30. The third kappa shape index (κ3) is 3.76. The molecule has 4 aromatic heterocycles. The van der Waals surface area contributed by atoms with E-state index in [1.807, 2.05) is 30.3 Å². The lowest BCUT2D eigenvalue weighted by atomic mass is 10.0. The van der Waals surface area contributed by atoms with Gasteiger partial charge in [-0.2, -0.15) is 0 Å². The summed E-state index contributed by atoms with van der Waals surface area (Å²) in [6, 6.07) is 18.1. The minimum Gasteiger partial charge on any atom is -0.463 e. The van der Waals surface area contributed by atoms with E-state index in [4.69, 9.17) is 13.4 Å². The first-order valence-electron chi connectivity index (χ1n) is 11.2. The summed E-state index contributed by atoms with van der Waals surface area (Å²) in [5, 5.41) is 4.78. The van der Waals surface area contributed by atoms with Gasteiger partial charge in [0.2, 0.25) is 0 Å². The maximum atomic E-state index is 13.8. The van der Waals surface area contributed by atoms with Crippen LogP contribution >= 0.6 is 0 Å². The number of rotatable bonds is 4. The molecule has 35 heavy (non-hydrogen) atoms. The van der Waals surface area contributed by atoms with Crippen LogP contribution in [-0.2, 0) is 0 Å². The zero-order valence-electron chi connectivity index (χ0n) is 18.6. The molecule has 1 aliphatic rings. The van der Waals surface area contributed by atoms with Crippen LogP contribution in [0.2, 0.25) is 0 Å². The number of nitrogens with zero attached hydrogens (tertiary/aromatic N) is 4. The van der Waals surface area contributed by atoms with E-state index in [0.717, 1.165) is 5.56 Å². The van der Waals surface area contributed by atoms with E-state index in [0.29, 0.717) is 60.0 Å². The van der Waals surface area contributed by atoms with Gasteiger partial charge in [0.15, 0.2) is 11.5 Å². The first kappa shape index (κ1) is 20.9. The molecule has 0 aliphatic carbocycles. The minimum atomic E-state index is -0.185. The average Bonchev–Trinajstić information content (AvgIpc) is 3.69. The standard InChI is InChI=1S/C26H20N4O5/c31-25(29-10-12-30(13-11-29)26(32)21-9-5-15-34-21)18-16-19(20-8-4-14-33-20)27-24-22(18)23(28-35-24)17-6-2-1-3-7-17/h1-9,14-16H,10-13H2. The molecule has 0 spiro atoms. The molecule has 9 heteroatoms. The molecule has 9 nitrogen and oxygen atoms in total. The van der Waals surface area contributed by atoms with Crippen LogP contribution in [0.1, 0.15) is 20.9 Å². The molecule has 5 heterocycles. The van der Waals surface area contributed by atoms with E-state index in [1.165, 1.54) is 6.26 Å². The quantitative estimate of drug-likeness (QED) is 0.386. The van der Waals surface area contributed by atoms with Gasteiger partial charge in [-0.1, -0.05) is 35.5 Å². The molecule has 2 amide bonds. The Balaban J connectivity index is 1.35. The molecule has 1 saturated heterocycles. The normalized spacial score (nSPS) is 13.9. The monoisotopic (exact) mass is 468 g/mol. The number of hydrogen-bond acceptors (Lipinski definition) is 7. The number of benzene rings is 1. The van der Waals surface area contributed by atoms with Gasteiger partial charge >= 0.3 is 0 Å². The van der Waals surface area contributed by atoms with Crippen molar-refractivity contribution in [3.05, 3.63) is 84.5 Å². The van der Waals surface area contributed by atoms with Gasteiger partial charge in [-0.05, 0) is 30.3 Å². The molecule has 0 bridgehead atoms. The number of amides is 2. The Kier molecular flexibility index (Phi) is 5.14. The lowest BCUT2D eigenvalue weighted by Crippen LogP contribution is -2.50. The van der Waals surface area contributed by atoms with Crippen molar-refractivity contribution in [1.29, 1.82) is 0 Å². The highest BCUT2D eigenvalue weighted by Crippen LogP contribution is 2.33. The number of fused-ring (bicyclic) bond motifs is 1. The van der Waals surface area contributed by atoms with Gasteiger partial charge in [-0.25, -0.2) is 4.98 Å². The third-order valence-corrected chi connectivity index (χ3v) is 6.08. The fourth-order valence-electron chi connectivity index (χ4n) is 4.30. The van der Waals surface area contributed by atoms with E-state index in [2.05, 4.69) is 10.1 Å². The number of piperazine rings is 1. The Bertz CT molecular complexity index is 1480. The van der Waals surface area contributed by atoms with Crippen LogP contribution < -0.4 is 0 Å². The van der Waals surface area contributed by atoms with E-state index in [9.17, 15) is 9.59 Å². The van der Waals surface area contributed by atoms with Crippen LogP contribution in [0.5, 0.6) is 0 Å². The second-order valence-electron chi connectivity index (χ2n) is 8.17. The van der Waals surface area contributed by atoms with Crippen LogP contribution in [0.4, 0.5) is 0 Å². The second kappa shape index (κ2) is 8.60. The van der Waals surface area contributed by atoms with Gasteiger partial charge in [-0.3, -0.25) is 9.59 Å². The van der Waals surface area contributed by atoms with Crippen LogP contribution in [-0.4, -0.2) is 57.9 Å². The minimum absolute atomic E-state index is 0.182. The van der Waals surface area contributed by atoms with Crippen molar-refractivity contribution in [1.82, 2.24) is 19.9 Å². The number of carbonyl (C=O) groups is 2. The molecule has 174 valence electrons. The summed E-state index contributed by atoms with van der Waals surface area (Å²) in [6.07, 6.45) is 3.02. The number of furan rings is 2. The third-order valence-electron chi connectivity index (χ3n) is 6.08. The topological polar surface area (TPSA) is 106 Å². The Morgan fingerprint density at radius 1 is 0.800 bits per heavy atom. The number of carbonyl (C=O) groups excluding carboxylic acids is 2. The molecular weight excluding hydrogens is 448 g/mol. The summed E-state index contributed by atoms with van der Waals surface area (Å²) < 4.78 is 16.3. The highest BCUT2D eigenvalue weighted by molar-refractivity contribution is 6.10. The zero-order chi connectivity index (χ0) is 23.8. The Morgan fingerprint density at radius 2 is 1.51 bits per heavy atom. The van der Waals surface area contributed by atoms with Gasteiger partial charge in [0.25, 0.3) is 17.5 Å². The predicted octanol–water partition coefficient (Wildman–Crippen LogP) is 4.34. The molecule has 0 atom stereocenters. The van der Waals surface area contributed by atoms with Gasteiger partial charge in [0.1, 0.15) is 11.4 Å². The van der Waals surface area contributed by atoms with Crippen LogP contribution in [0.25, 0.3) is 33.8 Å². The molecule has 6 rings (SSSR count). The van der Waals surface area contributed by atoms with Crippen molar-refractivity contribution in [2.75, 3.05) is 26.2 Å². The Hall–Kier alpha value is -4.66. The summed E-state index contributed by atoms with van der Waals surface area (Å²) in [6.45, 7) is 1.58. The van der Waals surface area contributed by atoms with E-state index in [1.54, 1.807) is 46.4 Å². The maximum Gasteiger partial charge on any atom is 0.289 e. The van der Waals surface area contributed by atoms with Crippen molar-refractivity contribution >= 4 is 22.9 Å². The lowest BCUT2D eigenvalue weighted by molar-refractivity contribution is 0.0519. The summed E-state index contributed by atoms with van der Waals surface area (Å²) >= 11 is 0.